The summed E-state index contributed by atoms with van der Waals surface area (Å²) in [6.07, 6.45) is 0.663. The average molecular weight is 219 g/mol. The maximum absolute atomic E-state index is 11.2. The zero-order valence-electron chi connectivity index (χ0n) is 8.72. The largest absolute Gasteiger partial charge is 0.481 e. The normalized spacial score (nSPS) is 24.1. The monoisotopic (exact) mass is 219 g/mol. The molecule has 1 aliphatic rings. The van der Waals surface area contributed by atoms with E-state index in [9.17, 15) is 9.59 Å². The summed E-state index contributed by atoms with van der Waals surface area (Å²) in [7, 11) is 0. The molecule has 4 nitrogen and oxygen atoms in total. The van der Waals surface area contributed by atoms with Crippen LogP contribution in [0.2, 0.25) is 0 Å². The van der Waals surface area contributed by atoms with E-state index in [4.69, 9.17) is 5.11 Å². The molecule has 1 aromatic carbocycles. The van der Waals surface area contributed by atoms with Crippen molar-refractivity contribution >= 4 is 11.9 Å². The molecule has 1 aromatic rings. The maximum atomic E-state index is 11.2. The van der Waals surface area contributed by atoms with Gasteiger partial charge < -0.3 is 10.4 Å². The zero-order chi connectivity index (χ0) is 11.5. The Kier molecular flexibility index (Phi) is 2.90. The number of nitrogens with one attached hydrogen (secondary N) is 1. The van der Waals surface area contributed by atoms with Gasteiger partial charge in [-0.3, -0.25) is 9.59 Å². The van der Waals surface area contributed by atoms with Gasteiger partial charge in [0.05, 0.1) is 5.92 Å². The minimum atomic E-state index is -0.903. The first-order chi connectivity index (χ1) is 7.66. The Bertz CT molecular complexity index is 402. The highest BCUT2D eigenvalue weighted by molar-refractivity contribution is 5.86. The van der Waals surface area contributed by atoms with Crippen molar-refractivity contribution < 1.29 is 14.7 Å². The van der Waals surface area contributed by atoms with E-state index in [0.717, 1.165) is 5.56 Å². The van der Waals surface area contributed by atoms with Gasteiger partial charge in [-0.1, -0.05) is 30.3 Å². The van der Waals surface area contributed by atoms with Crippen LogP contribution in [0.1, 0.15) is 12.0 Å². The van der Waals surface area contributed by atoms with Gasteiger partial charge in [0, 0.05) is 12.5 Å². The minimum Gasteiger partial charge on any atom is -0.481 e. The van der Waals surface area contributed by atoms with Crippen molar-refractivity contribution in [1.29, 1.82) is 0 Å². The zero-order valence-corrected chi connectivity index (χ0v) is 8.72. The Morgan fingerprint density at radius 1 is 1.38 bits per heavy atom. The molecule has 1 aliphatic heterocycles. The van der Waals surface area contributed by atoms with Gasteiger partial charge in [0.25, 0.3) is 0 Å². The third-order valence-corrected chi connectivity index (χ3v) is 2.85. The van der Waals surface area contributed by atoms with Crippen LogP contribution in [0.3, 0.4) is 0 Å². The number of rotatable bonds is 3. The first-order valence-electron chi connectivity index (χ1n) is 5.23. The lowest BCUT2D eigenvalue weighted by Gasteiger charge is -2.15. The SMILES string of the molecule is O=C1C[C@@H](C(=O)O)[C@H](Cc2ccccc2)N1. The Hall–Kier alpha value is -1.84. The molecule has 0 unspecified atom stereocenters. The van der Waals surface area contributed by atoms with Gasteiger partial charge in [-0.05, 0) is 12.0 Å². The molecule has 0 spiro atoms. The van der Waals surface area contributed by atoms with E-state index in [-0.39, 0.29) is 18.4 Å². The smallest absolute Gasteiger partial charge is 0.309 e. The molecule has 1 heterocycles. The third-order valence-electron chi connectivity index (χ3n) is 2.85. The number of hydrogen-bond donors (Lipinski definition) is 2. The van der Waals surface area contributed by atoms with E-state index in [1.165, 1.54) is 0 Å². The minimum absolute atomic E-state index is 0.0901. The van der Waals surface area contributed by atoms with Gasteiger partial charge in [0.1, 0.15) is 0 Å². The molecule has 84 valence electrons. The van der Waals surface area contributed by atoms with E-state index in [1.54, 1.807) is 0 Å². The molecule has 4 heteroatoms. The standard InChI is InChI=1S/C12H13NO3/c14-11-7-9(12(15)16)10(13-11)6-8-4-2-1-3-5-8/h1-5,9-10H,6-7H2,(H,13,14)(H,15,16)/t9-,10+/m1/s1. The van der Waals surface area contributed by atoms with Gasteiger partial charge in [-0.15, -0.1) is 0 Å². The number of carboxylic acids is 1. The van der Waals surface area contributed by atoms with Crippen LogP contribution in [0.25, 0.3) is 0 Å². The van der Waals surface area contributed by atoms with E-state index in [2.05, 4.69) is 5.32 Å². The molecule has 0 aromatic heterocycles. The number of amides is 1. The van der Waals surface area contributed by atoms with Crippen LogP contribution in [0.4, 0.5) is 0 Å². The second-order valence-electron chi connectivity index (χ2n) is 4.01. The van der Waals surface area contributed by atoms with Crippen LogP contribution >= 0.6 is 0 Å². The lowest BCUT2D eigenvalue weighted by atomic mass is 9.95. The van der Waals surface area contributed by atoms with Crippen LogP contribution in [0.5, 0.6) is 0 Å². The fourth-order valence-corrected chi connectivity index (χ4v) is 2.03. The molecule has 1 saturated heterocycles. The van der Waals surface area contributed by atoms with Crippen LogP contribution in [-0.4, -0.2) is 23.0 Å². The first kappa shape index (κ1) is 10.7. The van der Waals surface area contributed by atoms with Crippen LogP contribution in [0, 0.1) is 5.92 Å². The van der Waals surface area contributed by atoms with Crippen LogP contribution in [0.15, 0.2) is 30.3 Å². The summed E-state index contributed by atoms with van der Waals surface area (Å²) in [5.41, 5.74) is 1.04. The Labute approximate surface area is 93.3 Å². The highest BCUT2D eigenvalue weighted by Gasteiger charge is 2.37. The molecule has 0 saturated carbocycles. The highest BCUT2D eigenvalue weighted by atomic mass is 16.4. The molecular formula is C12H13NO3. The number of carbonyl (C=O) groups excluding carboxylic acids is 1. The summed E-state index contributed by atoms with van der Waals surface area (Å²) >= 11 is 0. The molecule has 0 radical (unpaired) electrons. The van der Waals surface area contributed by atoms with Gasteiger partial charge in [0.15, 0.2) is 0 Å². The summed E-state index contributed by atoms with van der Waals surface area (Å²) in [5.74, 6) is -1.68. The van der Waals surface area contributed by atoms with Gasteiger partial charge in [-0.25, -0.2) is 0 Å². The first-order valence-corrected chi connectivity index (χ1v) is 5.23. The summed E-state index contributed by atoms with van der Waals surface area (Å²) in [6.45, 7) is 0. The predicted octanol–water partition coefficient (Wildman–Crippen LogP) is 0.818. The Balaban J connectivity index is 2.09. The van der Waals surface area contributed by atoms with Crippen molar-refractivity contribution in [2.45, 2.75) is 18.9 Å². The number of hydrogen-bond acceptors (Lipinski definition) is 2. The quantitative estimate of drug-likeness (QED) is 0.790. The highest BCUT2D eigenvalue weighted by Crippen LogP contribution is 2.20. The van der Waals surface area contributed by atoms with Gasteiger partial charge in [-0.2, -0.15) is 0 Å². The molecule has 1 fully saturated rings. The van der Waals surface area contributed by atoms with Crippen LogP contribution < -0.4 is 5.32 Å². The predicted molar refractivity (Wildman–Crippen MR) is 57.8 cm³/mol. The summed E-state index contributed by atoms with van der Waals surface area (Å²) in [6, 6.07) is 9.30. The fraction of sp³-hybridized carbons (Fsp3) is 0.333. The lowest BCUT2D eigenvalue weighted by molar-refractivity contribution is -0.142. The summed E-state index contributed by atoms with van der Waals surface area (Å²) in [4.78, 5) is 22.1. The molecule has 2 atom stereocenters. The molecule has 2 rings (SSSR count). The Morgan fingerprint density at radius 2 is 2.06 bits per heavy atom. The van der Waals surface area contributed by atoms with E-state index < -0.39 is 11.9 Å². The van der Waals surface area contributed by atoms with Crippen molar-refractivity contribution in [3.63, 3.8) is 0 Å². The van der Waals surface area contributed by atoms with Crippen molar-refractivity contribution in [3.05, 3.63) is 35.9 Å². The van der Waals surface area contributed by atoms with Crippen molar-refractivity contribution in [2.24, 2.45) is 5.92 Å². The van der Waals surface area contributed by atoms with E-state index in [1.807, 2.05) is 30.3 Å². The fourth-order valence-electron chi connectivity index (χ4n) is 2.03. The Morgan fingerprint density at radius 3 is 2.69 bits per heavy atom. The van der Waals surface area contributed by atoms with Crippen molar-refractivity contribution in [2.75, 3.05) is 0 Å². The number of carbonyl (C=O) groups is 2. The molecule has 0 aliphatic carbocycles. The molecule has 2 N–H and O–H groups in total. The molecular weight excluding hydrogens is 206 g/mol. The van der Waals surface area contributed by atoms with Crippen molar-refractivity contribution in [1.82, 2.24) is 5.32 Å². The maximum Gasteiger partial charge on any atom is 0.309 e. The number of benzene rings is 1. The number of carboxylic acid groups (broad SMARTS) is 1. The summed E-state index contributed by atoms with van der Waals surface area (Å²) in [5, 5.41) is 11.7. The van der Waals surface area contributed by atoms with Gasteiger partial charge >= 0.3 is 5.97 Å². The molecule has 16 heavy (non-hydrogen) atoms. The van der Waals surface area contributed by atoms with Crippen molar-refractivity contribution in [3.8, 4) is 0 Å². The van der Waals surface area contributed by atoms with E-state index >= 15 is 0 Å². The number of aliphatic carboxylic acids is 1. The second-order valence-corrected chi connectivity index (χ2v) is 4.01. The molecule has 1 amide bonds. The van der Waals surface area contributed by atoms with Gasteiger partial charge in [0.2, 0.25) is 5.91 Å². The lowest BCUT2D eigenvalue weighted by Crippen LogP contribution is -2.34. The third kappa shape index (κ3) is 2.21. The van der Waals surface area contributed by atoms with Crippen LogP contribution in [-0.2, 0) is 16.0 Å². The van der Waals surface area contributed by atoms with E-state index in [0.29, 0.717) is 6.42 Å². The summed E-state index contributed by atoms with van der Waals surface area (Å²) < 4.78 is 0. The second kappa shape index (κ2) is 4.35. The average Bonchev–Trinajstić information content (AvgIpc) is 2.61. The topological polar surface area (TPSA) is 66.4 Å². The molecule has 0 bridgehead atoms.